The Kier molecular flexibility index (Phi) is 5.98. The summed E-state index contributed by atoms with van der Waals surface area (Å²) in [6.45, 7) is 6.48. The number of aromatic nitrogens is 3. The van der Waals surface area contributed by atoms with E-state index in [2.05, 4.69) is 22.4 Å². The van der Waals surface area contributed by atoms with E-state index in [0.717, 1.165) is 75.7 Å². The van der Waals surface area contributed by atoms with E-state index in [1.165, 1.54) is 0 Å². The maximum absolute atomic E-state index is 12.7. The van der Waals surface area contributed by atoms with Crippen LogP contribution in [0.15, 0.2) is 16.7 Å². The van der Waals surface area contributed by atoms with Gasteiger partial charge in [-0.1, -0.05) is 18.5 Å². The maximum Gasteiger partial charge on any atom is 0.270 e. The molecule has 26 heavy (non-hydrogen) atoms. The second-order valence-corrected chi connectivity index (χ2v) is 6.88. The van der Waals surface area contributed by atoms with Crippen LogP contribution in [0.2, 0.25) is 0 Å². The number of hydrogen-bond acceptors (Lipinski definition) is 5. The third-order valence-electron chi connectivity index (χ3n) is 5.22. The lowest BCUT2D eigenvalue weighted by atomic mass is 9.98. The minimum atomic E-state index is 0. The van der Waals surface area contributed by atoms with Crippen molar-refractivity contribution in [2.45, 2.75) is 45.1 Å². The summed E-state index contributed by atoms with van der Waals surface area (Å²) in [6.07, 6.45) is 4.19. The molecule has 8 heteroatoms. The smallest absolute Gasteiger partial charge is 0.270 e. The van der Waals surface area contributed by atoms with Crippen LogP contribution in [0, 0.1) is 0 Å². The van der Waals surface area contributed by atoms with Crippen molar-refractivity contribution in [1.82, 2.24) is 24.9 Å². The monoisotopic (exact) mass is 379 g/mol. The second kappa shape index (κ2) is 8.22. The molecule has 0 aromatic carbocycles. The van der Waals surface area contributed by atoms with Crippen molar-refractivity contribution in [3.8, 4) is 11.5 Å². The largest absolute Gasteiger partial charge is 0.339 e. The molecule has 0 atom stereocenters. The van der Waals surface area contributed by atoms with Gasteiger partial charge in [-0.3, -0.25) is 4.79 Å². The molecule has 1 saturated heterocycles. The number of halogens is 1. The standard InChI is InChI=1S/C18H25N5O2.ClH/c1-2-3-10-22-11-12-23-14(4-5-15(23)18(22)24)16-20-17(25-21-16)13-6-8-19-9-7-13;/h4-5,13,19H,2-3,6-12H2,1H3;1H. The second-order valence-electron chi connectivity index (χ2n) is 6.88. The van der Waals surface area contributed by atoms with Crippen LogP contribution < -0.4 is 5.32 Å². The number of carbonyl (C=O) groups is 1. The number of carbonyl (C=O) groups excluding carboxylic acids is 1. The number of hydrogen-bond donors (Lipinski definition) is 1. The molecule has 142 valence electrons. The van der Waals surface area contributed by atoms with E-state index in [1.807, 2.05) is 21.6 Å². The molecule has 1 amide bonds. The number of piperidine rings is 1. The highest BCUT2D eigenvalue weighted by molar-refractivity contribution is 5.94. The van der Waals surface area contributed by atoms with Gasteiger partial charge < -0.3 is 19.3 Å². The van der Waals surface area contributed by atoms with E-state index in [1.54, 1.807) is 0 Å². The van der Waals surface area contributed by atoms with Gasteiger partial charge in [-0.2, -0.15) is 4.98 Å². The molecule has 0 radical (unpaired) electrons. The Morgan fingerprint density at radius 3 is 2.77 bits per heavy atom. The summed E-state index contributed by atoms with van der Waals surface area (Å²) in [7, 11) is 0. The first-order valence-electron chi connectivity index (χ1n) is 9.31. The fourth-order valence-corrected chi connectivity index (χ4v) is 3.71. The molecule has 2 aromatic rings. The number of nitrogens with one attached hydrogen (secondary N) is 1. The van der Waals surface area contributed by atoms with Gasteiger partial charge in [0.15, 0.2) is 0 Å². The molecule has 2 aromatic heterocycles. The van der Waals surface area contributed by atoms with Gasteiger partial charge in [-0.25, -0.2) is 0 Å². The molecule has 0 saturated carbocycles. The minimum absolute atomic E-state index is 0. The average Bonchev–Trinajstić information content (AvgIpc) is 3.29. The van der Waals surface area contributed by atoms with E-state index in [0.29, 0.717) is 11.7 Å². The van der Waals surface area contributed by atoms with Gasteiger partial charge in [0, 0.05) is 25.6 Å². The van der Waals surface area contributed by atoms with Gasteiger partial charge in [0.2, 0.25) is 11.7 Å². The zero-order valence-electron chi connectivity index (χ0n) is 15.1. The Hall–Kier alpha value is -1.86. The average molecular weight is 380 g/mol. The van der Waals surface area contributed by atoms with Gasteiger partial charge in [0.05, 0.1) is 5.69 Å². The highest BCUT2D eigenvalue weighted by Gasteiger charge is 2.28. The summed E-state index contributed by atoms with van der Waals surface area (Å²) < 4.78 is 7.55. The number of nitrogens with zero attached hydrogens (tertiary/aromatic N) is 4. The molecule has 2 aliphatic heterocycles. The van der Waals surface area contributed by atoms with Crippen LogP contribution in [0.5, 0.6) is 0 Å². The van der Waals surface area contributed by atoms with Crippen molar-refractivity contribution in [2.75, 3.05) is 26.2 Å². The Balaban J connectivity index is 0.00000196. The van der Waals surface area contributed by atoms with Crippen LogP contribution in [0.1, 0.15) is 54.9 Å². The van der Waals surface area contributed by atoms with Crippen LogP contribution in [-0.4, -0.2) is 51.7 Å². The first-order valence-corrected chi connectivity index (χ1v) is 9.31. The zero-order chi connectivity index (χ0) is 17.2. The molecule has 1 N–H and O–H groups in total. The van der Waals surface area contributed by atoms with E-state index in [4.69, 9.17) is 4.52 Å². The number of fused-ring (bicyclic) bond motifs is 1. The van der Waals surface area contributed by atoms with Crippen molar-refractivity contribution < 1.29 is 9.32 Å². The van der Waals surface area contributed by atoms with Gasteiger partial charge in [0.25, 0.3) is 5.91 Å². The van der Waals surface area contributed by atoms with Gasteiger partial charge in [0.1, 0.15) is 5.69 Å². The third kappa shape index (κ3) is 3.50. The summed E-state index contributed by atoms with van der Waals surface area (Å²) in [5, 5.41) is 7.53. The zero-order valence-corrected chi connectivity index (χ0v) is 15.9. The Labute approximate surface area is 159 Å². The van der Waals surface area contributed by atoms with Crippen molar-refractivity contribution in [3.63, 3.8) is 0 Å². The molecule has 0 unspecified atom stereocenters. The van der Waals surface area contributed by atoms with Crippen LogP contribution in [0.3, 0.4) is 0 Å². The molecule has 0 spiro atoms. The molecular weight excluding hydrogens is 354 g/mol. The van der Waals surface area contributed by atoms with E-state index in [9.17, 15) is 4.79 Å². The lowest BCUT2D eigenvalue weighted by molar-refractivity contribution is 0.0703. The topological polar surface area (TPSA) is 76.2 Å². The van der Waals surface area contributed by atoms with Crippen molar-refractivity contribution in [3.05, 3.63) is 23.7 Å². The molecule has 4 rings (SSSR count). The Morgan fingerprint density at radius 2 is 2.00 bits per heavy atom. The van der Waals surface area contributed by atoms with Crippen LogP contribution in [0.4, 0.5) is 0 Å². The van der Waals surface area contributed by atoms with Gasteiger partial charge >= 0.3 is 0 Å². The normalized spacial score (nSPS) is 17.9. The lowest BCUT2D eigenvalue weighted by Crippen LogP contribution is -2.40. The van der Waals surface area contributed by atoms with Crippen molar-refractivity contribution in [2.24, 2.45) is 0 Å². The number of amides is 1. The number of unbranched alkanes of at least 4 members (excludes halogenated alkanes) is 1. The first kappa shape index (κ1) is 18.9. The summed E-state index contributed by atoms with van der Waals surface area (Å²) in [4.78, 5) is 19.2. The Bertz CT molecular complexity index is 751. The highest BCUT2D eigenvalue weighted by Crippen LogP contribution is 2.28. The fraction of sp³-hybridized carbons (Fsp3) is 0.611. The summed E-state index contributed by atoms with van der Waals surface area (Å²) in [5.41, 5.74) is 1.60. The fourth-order valence-electron chi connectivity index (χ4n) is 3.71. The first-order chi connectivity index (χ1) is 12.3. The van der Waals surface area contributed by atoms with E-state index in [-0.39, 0.29) is 18.3 Å². The quantitative estimate of drug-likeness (QED) is 0.864. The molecule has 1 fully saturated rings. The van der Waals surface area contributed by atoms with E-state index >= 15 is 0 Å². The van der Waals surface area contributed by atoms with E-state index < -0.39 is 0 Å². The summed E-state index contributed by atoms with van der Waals surface area (Å²) in [5.74, 6) is 1.76. The number of rotatable bonds is 5. The third-order valence-corrected chi connectivity index (χ3v) is 5.22. The molecular formula is C18H26ClN5O2. The Morgan fingerprint density at radius 1 is 1.23 bits per heavy atom. The highest BCUT2D eigenvalue weighted by atomic mass is 35.5. The van der Waals surface area contributed by atoms with Gasteiger partial charge in [-0.15, -0.1) is 12.4 Å². The maximum atomic E-state index is 12.7. The summed E-state index contributed by atoms with van der Waals surface area (Å²) in [6, 6.07) is 3.82. The predicted molar refractivity (Wildman–Crippen MR) is 101 cm³/mol. The SMILES string of the molecule is CCCCN1CCn2c(ccc2-c2noc(C3CCNCC3)n2)C1=O.Cl. The van der Waals surface area contributed by atoms with Crippen molar-refractivity contribution >= 4 is 18.3 Å². The van der Waals surface area contributed by atoms with Crippen molar-refractivity contribution in [1.29, 1.82) is 0 Å². The molecule has 0 bridgehead atoms. The molecule has 0 aliphatic carbocycles. The molecule has 2 aliphatic rings. The molecule has 7 nitrogen and oxygen atoms in total. The predicted octanol–water partition coefficient (Wildman–Crippen LogP) is 2.68. The van der Waals surface area contributed by atoms with Crippen LogP contribution in [-0.2, 0) is 6.54 Å². The van der Waals surface area contributed by atoms with Gasteiger partial charge in [-0.05, 0) is 44.5 Å². The van der Waals surface area contributed by atoms with Crippen LogP contribution >= 0.6 is 12.4 Å². The molecule has 4 heterocycles. The minimum Gasteiger partial charge on any atom is -0.339 e. The van der Waals surface area contributed by atoms with Crippen LogP contribution in [0.25, 0.3) is 11.5 Å². The summed E-state index contributed by atoms with van der Waals surface area (Å²) >= 11 is 0. The lowest BCUT2D eigenvalue weighted by Gasteiger charge is -2.29.